The lowest BCUT2D eigenvalue weighted by molar-refractivity contribution is 0.0817. The second-order valence-electron chi connectivity index (χ2n) is 9.56. The summed E-state index contributed by atoms with van der Waals surface area (Å²) in [6.45, 7) is 2.17. The quantitative estimate of drug-likeness (QED) is 0.274. The number of rotatable bonds is 12. The van der Waals surface area contributed by atoms with Crippen molar-refractivity contribution in [3.63, 3.8) is 0 Å². The minimum Gasteiger partial charge on any atom is -0.431 e. The van der Waals surface area contributed by atoms with Crippen molar-refractivity contribution in [1.82, 2.24) is 15.6 Å². The number of oxazole rings is 1. The van der Waals surface area contributed by atoms with Crippen LogP contribution in [0.3, 0.4) is 0 Å². The third-order valence-corrected chi connectivity index (χ3v) is 7.00. The van der Waals surface area contributed by atoms with E-state index in [1.165, 1.54) is 5.56 Å². The molecule has 0 aliphatic heterocycles. The highest BCUT2D eigenvalue weighted by atomic mass is 32.2. The average Bonchev–Trinajstić information content (AvgIpc) is 3.51. The van der Waals surface area contributed by atoms with E-state index in [9.17, 15) is 27.1 Å². The van der Waals surface area contributed by atoms with Gasteiger partial charge in [0.2, 0.25) is 10.0 Å². The Morgan fingerprint density at radius 1 is 1.16 bits per heavy atom. The van der Waals surface area contributed by atoms with Crippen molar-refractivity contribution in [1.29, 1.82) is 0 Å². The molecule has 0 saturated heterocycles. The molecule has 2 atom stereocenters. The van der Waals surface area contributed by atoms with Crippen molar-refractivity contribution in [2.24, 2.45) is 0 Å². The van der Waals surface area contributed by atoms with Crippen LogP contribution < -0.4 is 15.4 Å². The molecule has 1 aliphatic rings. The molecule has 12 heteroatoms. The van der Waals surface area contributed by atoms with Crippen LogP contribution in [-0.4, -0.2) is 49.4 Å². The summed E-state index contributed by atoms with van der Waals surface area (Å²) < 4.78 is 57.4. The van der Waals surface area contributed by atoms with E-state index >= 15 is 0 Å². The summed E-state index contributed by atoms with van der Waals surface area (Å²) in [5.41, 5.74) is 2.03. The van der Waals surface area contributed by atoms with Gasteiger partial charge in [0.15, 0.2) is 5.69 Å². The molecule has 0 spiro atoms. The second kappa shape index (κ2) is 11.2. The van der Waals surface area contributed by atoms with Crippen molar-refractivity contribution in [3.8, 4) is 0 Å². The van der Waals surface area contributed by atoms with Gasteiger partial charge in [0.1, 0.15) is 17.9 Å². The van der Waals surface area contributed by atoms with Gasteiger partial charge in [-0.1, -0.05) is 31.2 Å². The number of sulfonamides is 1. The third-order valence-electron chi connectivity index (χ3n) is 6.46. The Hall–Kier alpha value is -3.35. The van der Waals surface area contributed by atoms with Crippen LogP contribution in [0.25, 0.3) is 0 Å². The van der Waals surface area contributed by atoms with Gasteiger partial charge in [-0.3, -0.25) is 4.79 Å². The summed E-state index contributed by atoms with van der Waals surface area (Å²) in [6.07, 6.45) is 3.31. The van der Waals surface area contributed by atoms with E-state index in [2.05, 4.69) is 34.7 Å². The van der Waals surface area contributed by atoms with Crippen LogP contribution in [0.5, 0.6) is 0 Å². The summed E-state index contributed by atoms with van der Waals surface area (Å²) >= 11 is 0. The summed E-state index contributed by atoms with van der Waals surface area (Å²) in [5.74, 6) is -2.31. The van der Waals surface area contributed by atoms with Gasteiger partial charge in [-0.05, 0) is 54.5 Å². The van der Waals surface area contributed by atoms with Crippen molar-refractivity contribution in [3.05, 3.63) is 82.7 Å². The largest absolute Gasteiger partial charge is 0.431 e. The molecule has 204 valence electrons. The third kappa shape index (κ3) is 7.15. The molecule has 1 amide bonds. The number of aryl methyl sites for hydroxylation is 1. The number of carbonyl (C=O) groups is 1. The van der Waals surface area contributed by atoms with Crippen molar-refractivity contribution in [2.75, 3.05) is 17.5 Å². The van der Waals surface area contributed by atoms with Crippen LogP contribution in [0, 0.1) is 11.6 Å². The molecular weight excluding hydrogens is 518 g/mol. The molecular formula is C26H30F2N4O5S. The Bertz CT molecular complexity index is 1390. The van der Waals surface area contributed by atoms with E-state index in [1.54, 1.807) is 0 Å². The van der Waals surface area contributed by atoms with Crippen LogP contribution in [0.1, 0.15) is 46.9 Å². The molecule has 1 heterocycles. The molecule has 1 aliphatic carbocycles. The van der Waals surface area contributed by atoms with Gasteiger partial charge >= 0.3 is 6.01 Å². The first-order valence-corrected chi connectivity index (χ1v) is 14.1. The highest BCUT2D eigenvalue weighted by Gasteiger charge is 2.44. The zero-order valence-electron chi connectivity index (χ0n) is 21.0. The number of aromatic nitrogens is 1. The number of halogens is 2. The van der Waals surface area contributed by atoms with E-state index in [0.29, 0.717) is 0 Å². The first-order chi connectivity index (χ1) is 18.0. The second-order valence-corrected chi connectivity index (χ2v) is 11.3. The summed E-state index contributed by atoms with van der Waals surface area (Å²) in [5, 5.41) is 17.1. The molecule has 1 saturated carbocycles. The molecule has 4 N–H and O–H groups in total. The minimum absolute atomic E-state index is 0.0755. The number of benzene rings is 2. The number of nitrogens with one attached hydrogen (secondary N) is 3. The molecule has 4 rings (SSSR count). The van der Waals surface area contributed by atoms with E-state index in [1.807, 2.05) is 16.9 Å². The first kappa shape index (κ1) is 27.7. The highest BCUT2D eigenvalue weighted by molar-refractivity contribution is 7.91. The molecule has 1 aromatic heterocycles. The molecule has 38 heavy (non-hydrogen) atoms. The molecule has 0 radical (unpaired) electrons. The van der Waals surface area contributed by atoms with Gasteiger partial charge in [0.25, 0.3) is 5.91 Å². The normalized spacial score (nSPS) is 16.0. The maximum absolute atomic E-state index is 13.8. The maximum Gasteiger partial charge on any atom is 0.309 e. The molecule has 0 unspecified atom stereocenters. The monoisotopic (exact) mass is 548 g/mol. The van der Waals surface area contributed by atoms with Crippen LogP contribution >= 0.6 is 0 Å². The summed E-state index contributed by atoms with van der Waals surface area (Å²) in [7, 11) is -3.68. The number of carbonyl (C=O) groups excluding carboxylic acids is 1. The van der Waals surface area contributed by atoms with Crippen LogP contribution in [-0.2, 0) is 28.4 Å². The Morgan fingerprint density at radius 3 is 2.50 bits per heavy atom. The smallest absolute Gasteiger partial charge is 0.309 e. The molecule has 3 aromatic rings. The summed E-state index contributed by atoms with van der Waals surface area (Å²) in [4.78, 5) is 16.7. The number of hydrogen-bond donors (Lipinski definition) is 4. The van der Waals surface area contributed by atoms with Crippen molar-refractivity contribution < 1.29 is 31.5 Å². The molecule has 0 bridgehead atoms. The maximum atomic E-state index is 13.8. The lowest BCUT2D eigenvalue weighted by Gasteiger charge is -2.27. The number of hydrogen-bond acceptors (Lipinski definition) is 7. The summed E-state index contributed by atoms with van der Waals surface area (Å²) in [6, 6.07) is 9.86. The number of amides is 1. The Morgan fingerprint density at radius 2 is 1.87 bits per heavy atom. The Kier molecular flexibility index (Phi) is 8.14. The SMILES string of the molecule is CCc1cccc(C2(NC[C@@H](O)[C@H](Cc3cc(F)cc(F)c3)NC(=O)c3coc(NS(C)(=O)=O)n3)CC2)c1. The van der Waals surface area contributed by atoms with Gasteiger partial charge in [-0.15, -0.1) is 0 Å². The molecule has 1 fully saturated rings. The van der Waals surface area contributed by atoms with E-state index in [-0.39, 0.29) is 29.8 Å². The van der Waals surface area contributed by atoms with Gasteiger partial charge in [0.05, 0.1) is 18.4 Å². The lowest BCUT2D eigenvalue weighted by Crippen LogP contribution is -2.50. The zero-order chi connectivity index (χ0) is 27.5. The van der Waals surface area contributed by atoms with E-state index in [0.717, 1.165) is 55.5 Å². The number of nitrogens with zero attached hydrogens (tertiary/aromatic N) is 1. The number of anilines is 1. The fourth-order valence-corrected chi connectivity index (χ4v) is 4.73. The van der Waals surface area contributed by atoms with Gasteiger partial charge in [-0.25, -0.2) is 21.9 Å². The van der Waals surface area contributed by atoms with Crippen LogP contribution in [0.15, 0.2) is 53.1 Å². The van der Waals surface area contributed by atoms with E-state index < -0.39 is 45.7 Å². The van der Waals surface area contributed by atoms with Gasteiger partial charge < -0.3 is 20.2 Å². The zero-order valence-corrected chi connectivity index (χ0v) is 21.8. The fourth-order valence-electron chi connectivity index (χ4n) is 4.32. The van der Waals surface area contributed by atoms with Gasteiger partial charge in [0, 0.05) is 18.2 Å². The molecule has 9 nitrogen and oxygen atoms in total. The topological polar surface area (TPSA) is 134 Å². The van der Waals surface area contributed by atoms with Crippen molar-refractivity contribution in [2.45, 2.75) is 50.3 Å². The number of aliphatic hydroxyl groups excluding tert-OH is 1. The van der Waals surface area contributed by atoms with Crippen molar-refractivity contribution >= 4 is 21.9 Å². The Balaban J connectivity index is 1.50. The molecule has 2 aromatic carbocycles. The van der Waals surface area contributed by atoms with Crippen LogP contribution in [0.4, 0.5) is 14.8 Å². The van der Waals surface area contributed by atoms with Crippen LogP contribution in [0.2, 0.25) is 0 Å². The lowest BCUT2D eigenvalue weighted by atomic mass is 9.98. The number of aliphatic hydroxyl groups is 1. The predicted octanol–water partition coefficient (Wildman–Crippen LogP) is 2.87. The minimum atomic E-state index is -3.68. The van der Waals surface area contributed by atoms with E-state index in [4.69, 9.17) is 4.42 Å². The highest BCUT2D eigenvalue weighted by Crippen LogP contribution is 2.45. The average molecular weight is 549 g/mol. The van der Waals surface area contributed by atoms with Gasteiger partial charge in [-0.2, -0.15) is 4.98 Å². The first-order valence-electron chi connectivity index (χ1n) is 12.2. The Labute approximate surface area is 219 Å². The predicted molar refractivity (Wildman–Crippen MR) is 137 cm³/mol. The fraction of sp³-hybridized carbons (Fsp3) is 0.385. The standard InChI is InChI=1S/C26H30F2N4O5S/c1-3-16-5-4-6-18(9-16)26(7-8-26)29-14-23(33)21(12-17-10-19(27)13-20(28)11-17)30-24(34)22-15-37-25(31-22)32-38(2,35)36/h4-6,9-11,13,15,21,23,29,33H,3,7-8,12,14H2,1-2H3,(H,30,34)(H,31,32)/t21-,23+/m0/s1.